The lowest BCUT2D eigenvalue weighted by atomic mass is 10.1. The summed E-state index contributed by atoms with van der Waals surface area (Å²) in [5, 5.41) is 13.8. The molecule has 0 aromatic heterocycles. The minimum atomic E-state index is -0.914. The summed E-state index contributed by atoms with van der Waals surface area (Å²) in [5.41, 5.74) is 0.484. The van der Waals surface area contributed by atoms with Gasteiger partial charge in [-0.05, 0) is 37.5 Å². The van der Waals surface area contributed by atoms with Crippen molar-refractivity contribution < 1.29 is 19.1 Å². The Kier molecular flexibility index (Phi) is 4.04. The Hall–Kier alpha value is -1.95. The van der Waals surface area contributed by atoms with Crippen LogP contribution in [0.5, 0.6) is 0 Å². The SMILES string of the molecule is Cc1ccc(F)c(NC(=O)C(=O)NCC2(CO)CC2)c1. The second-order valence-corrected chi connectivity index (χ2v) is 5.28. The molecule has 0 bridgehead atoms. The number of aliphatic hydroxyl groups is 1. The van der Waals surface area contributed by atoms with Crippen LogP contribution >= 0.6 is 0 Å². The normalized spacial score (nSPS) is 15.6. The van der Waals surface area contributed by atoms with Crippen LogP contribution < -0.4 is 10.6 Å². The second kappa shape index (κ2) is 5.58. The zero-order chi connectivity index (χ0) is 14.8. The first kappa shape index (κ1) is 14.5. The molecule has 1 saturated carbocycles. The molecule has 1 fully saturated rings. The summed E-state index contributed by atoms with van der Waals surface area (Å²) in [6.45, 7) is 2.00. The van der Waals surface area contributed by atoms with Crippen LogP contribution in [0.15, 0.2) is 18.2 Å². The van der Waals surface area contributed by atoms with E-state index in [4.69, 9.17) is 5.11 Å². The summed E-state index contributed by atoms with van der Waals surface area (Å²) in [6, 6.07) is 4.26. The Morgan fingerprint density at radius 3 is 2.65 bits per heavy atom. The molecule has 2 rings (SSSR count). The molecule has 1 aromatic rings. The van der Waals surface area contributed by atoms with Gasteiger partial charge in [-0.15, -0.1) is 0 Å². The van der Waals surface area contributed by atoms with Crippen LogP contribution in [0, 0.1) is 18.2 Å². The molecule has 20 heavy (non-hydrogen) atoms. The van der Waals surface area contributed by atoms with Crippen LogP contribution in [0.25, 0.3) is 0 Å². The van der Waals surface area contributed by atoms with Crippen molar-refractivity contribution in [1.29, 1.82) is 0 Å². The van der Waals surface area contributed by atoms with Crippen LogP contribution in [0.2, 0.25) is 0 Å². The first-order valence-electron chi connectivity index (χ1n) is 6.42. The Labute approximate surface area is 116 Å². The van der Waals surface area contributed by atoms with E-state index in [1.807, 2.05) is 0 Å². The lowest BCUT2D eigenvalue weighted by Crippen LogP contribution is -2.39. The van der Waals surface area contributed by atoms with Crippen molar-refractivity contribution >= 4 is 17.5 Å². The minimum Gasteiger partial charge on any atom is -0.396 e. The van der Waals surface area contributed by atoms with Crippen molar-refractivity contribution in [3.63, 3.8) is 0 Å². The number of nitrogens with one attached hydrogen (secondary N) is 2. The second-order valence-electron chi connectivity index (χ2n) is 5.28. The Morgan fingerprint density at radius 1 is 1.35 bits per heavy atom. The van der Waals surface area contributed by atoms with Gasteiger partial charge in [0.2, 0.25) is 0 Å². The molecule has 0 radical (unpaired) electrons. The highest BCUT2D eigenvalue weighted by molar-refractivity contribution is 6.39. The summed E-state index contributed by atoms with van der Waals surface area (Å²) >= 11 is 0. The molecule has 108 valence electrons. The molecule has 0 atom stereocenters. The number of benzene rings is 1. The number of amides is 2. The van der Waals surface area contributed by atoms with Crippen LogP contribution in [0.4, 0.5) is 10.1 Å². The van der Waals surface area contributed by atoms with Crippen LogP contribution in [-0.2, 0) is 9.59 Å². The van der Waals surface area contributed by atoms with Gasteiger partial charge in [-0.2, -0.15) is 0 Å². The van der Waals surface area contributed by atoms with Crippen molar-refractivity contribution in [2.45, 2.75) is 19.8 Å². The maximum absolute atomic E-state index is 13.5. The highest BCUT2D eigenvalue weighted by atomic mass is 19.1. The summed E-state index contributed by atoms with van der Waals surface area (Å²) < 4.78 is 13.5. The lowest BCUT2D eigenvalue weighted by Gasteiger charge is -2.12. The average Bonchev–Trinajstić information content (AvgIpc) is 3.21. The van der Waals surface area contributed by atoms with Gasteiger partial charge in [-0.25, -0.2) is 4.39 Å². The summed E-state index contributed by atoms with van der Waals surface area (Å²) in [7, 11) is 0. The molecule has 6 heteroatoms. The third-order valence-electron chi connectivity index (χ3n) is 3.49. The zero-order valence-electron chi connectivity index (χ0n) is 11.2. The van der Waals surface area contributed by atoms with Gasteiger partial charge in [0.15, 0.2) is 0 Å². The van der Waals surface area contributed by atoms with E-state index in [2.05, 4.69) is 10.6 Å². The van der Waals surface area contributed by atoms with E-state index in [9.17, 15) is 14.0 Å². The molecule has 0 heterocycles. The minimum absolute atomic E-state index is 0.0125. The highest BCUT2D eigenvalue weighted by Crippen LogP contribution is 2.44. The van der Waals surface area contributed by atoms with E-state index in [0.29, 0.717) is 0 Å². The molecule has 0 saturated heterocycles. The predicted octanol–water partition coefficient (Wildman–Crippen LogP) is 0.961. The van der Waals surface area contributed by atoms with Crippen molar-refractivity contribution in [3.05, 3.63) is 29.6 Å². The number of anilines is 1. The first-order valence-corrected chi connectivity index (χ1v) is 6.42. The number of halogens is 1. The van der Waals surface area contributed by atoms with Gasteiger partial charge in [0.1, 0.15) is 5.82 Å². The summed E-state index contributed by atoms with van der Waals surface area (Å²) in [6.07, 6.45) is 1.66. The number of hydrogen-bond donors (Lipinski definition) is 3. The van der Waals surface area contributed by atoms with E-state index in [0.717, 1.165) is 18.4 Å². The van der Waals surface area contributed by atoms with Gasteiger partial charge in [0.25, 0.3) is 0 Å². The largest absolute Gasteiger partial charge is 0.396 e. The van der Waals surface area contributed by atoms with Crippen molar-refractivity contribution in [2.75, 3.05) is 18.5 Å². The molecule has 1 aromatic carbocycles. The lowest BCUT2D eigenvalue weighted by molar-refractivity contribution is -0.136. The Balaban J connectivity index is 1.90. The van der Waals surface area contributed by atoms with E-state index in [1.54, 1.807) is 13.0 Å². The number of carbonyl (C=O) groups is 2. The highest BCUT2D eigenvalue weighted by Gasteiger charge is 2.42. The maximum Gasteiger partial charge on any atom is 0.313 e. The van der Waals surface area contributed by atoms with Crippen LogP contribution in [-0.4, -0.2) is 30.1 Å². The third-order valence-corrected chi connectivity index (χ3v) is 3.49. The number of rotatable bonds is 4. The molecule has 1 aliphatic rings. The molecule has 2 amide bonds. The van der Waals surface area contributed by atoms with Crippen molar-refractivity contribution in [2.24, 2.45) is 5.41 Å². The average molecular weight is 280 g/mol. The van der Waals surface area contributed by atoms with Gasteiger partial charge >= 0.3 is 11.8 Å². The number of carbonyl (C=O) groups excluding carboxylic acids is 2. The van der Waals surface area contributed by atoms with E-state index < -0.39 is 17.6 Å². The van der Waals surface area contributed by atoms with E-state index in [-0.39, 0.29) is 24.3 Å². The standard InChI is InChI=1S/C14H17FN2O3/c1-9-2-3-10(15)11(6-9)17-13(20)12(19)16-7-14(8-18)4-5-14/h2-3,6,18H,4-5,7-8H2,1H3,(H,16,19)(H,17,20). The molecular weight excluding hydrogens is 263 g/mol. The Morgan fingerprint density at radius 2 is 2.05 bits per heavy atom. The fraction of sp³-hybridized carbons (Fsp3) is 0.429. The number of aliphatic hydroxyl groups excluding tert-OH is 1. The van der Waals surface area contributed by atoms with Gasteiger partial charge in [0.05, 0.1) is 12.3 Å². The fourth-order valence-electron chi connectivity index (χ4n) is 1.83. The predicted molar refractivity (Wildman–Crippen MR) is 71.5 cm³/mol. The van der Waals surface area contributed by atoms with E-state index in [1.165, 1.54) is 12.1 Å². The quantitative estimate of drug-likeness (QED) is 0.719. The topological polar surface area (TPSA) is 78.4 Å². The Bertz CT molecular complexity index is 541. The summed E-state index contributed by atoms with van der Waals surface area (Å²) in [4.78, 5) is 23.3. The zero-order valence-corrected chi connectivity index (χ0v) is 11.2. The van der Waals surface area contributed by atoms with E-state index >= 15 is 0 Å². The monoisotopic (exact) mass is 280 g/mol. The maximum atomic E-state index is 13.5. The number of hydrogen-bond acceptors (Lipinski definition) is 3. The molecule has 1 aliphatic carbocycles. The van der Waals surface area contributed by atoms with Gasteiger partial charge in [-0.1, -0.05) is 6.07 Å². The van der Waals surface area contributed by atoms with Crippen molar-refractivity contribution in [3.8, 4) is 0 Å². The molecule has 0 aliphatic heterocycles. The van der Waals surface area contributed by atoms with Crippen LogP contribution in [0.1, 0.15) is 18.4 Å². The summed E-state index contributed by atoms with van der Waals surface area (Å²) in [5.74, 6) is -2.33. The van der Waals surface area contributed by atoms with Crippen LogP contribution in [0.3, 0.4) is 0 Å². The first-order chi connectivity index (χ1) is 9.46. The number of aryl methyl sites for hydroxylation is 1. The fourth-order valence-corrected chi connectivity index (χ4v) is 1.83. The third kappa shape index (κ3) is 3.33. The van der Waals surface area contributed by atoms with Gasteiger partial charge < -0.3 is 15.7 Å². The molecular formula is C14H17FN2O3. The molecule has 3 N–H and O–H groups in total. The van der Waals surface area contributed by atoms with Crippen molar-refractivity contribution in [1.82, 2.24) is 5.32 Å². The molecule has 0 spiro atoms. The van der Waals surface area contributed by atoms with Gasteiger partial charge in [-0.3, -0.25) is 9.59 Å². The smallest absolute Gasteiger partial charge is 0.313 e. The van der Waals surface area contributed by atoms with Gasteiger partial charge in [0, 0.05) is 12.0 Å². The molecule has 5 nitrogen and oxygen atoms in total. The molecule has 0 unspecified atom stereocenters.